The predicted octanol–water partition coefficient (Wildman–Crippen LogP) is 1.75. The molecule has 0 amide bonds. The number of rotatable bonds is 3. The van der Waals surface area contributed by atoms with Crippen molar-refractivity contribution >= 4 is 11.8 Å². The van der Waals surface area contributed by atoms with E-state index in [1.165, 1.54) is 12.8 Å². The Hall–Kier alpha value is -0.680. The van der Waals surface area contributed by atoms with Crippen molar-refractivity contribution in [2.24, 2.45) is 7.05 Å². The van der Waals surface area contributed by atoms with Crippen molar-refractivity contribution in [1.82, 2.24) is 9.78 Å². The Kier molecular flexibility index (Phi) is 3.76. The molecular weight excluding hydrogens is 224 g/mol. The maximum absolute atomic E-state index is 10.4. The lowest BCUT2D eigenvalue weighted by molar-refractivity contribution is 0.155. The quantitative estimate of drug-likeness (QED) is 0.877. The van der Waals surface area contributed by atoms with Gasteiger partial charge in [-0.3, -0.25) is 4.68 Å². The predicted molar refractivity (Wildman–Crippen MR) is 64.8 cm³/mol. The van der Waals surface area contributed by atoms with E-state index in [-0.39, 0.29) is 5.25 Å². The van der Waals surface area contributed by atoms with Crippen molar-refractivity contribution in [1.29, 1.82) is 0 Å². The molecule has 2 rings (SSSR count). The molecule has 0 spiro atoms. The van der Waals surface area contributed by atoms with Gasteiger partial charge in [-0.15, -0.1) is 0 Å². The maximum Gasteiger partial charge on any atom is 0.162 e. The van der Waals surface area contributed by atoms with Crippen LogP contribution in [-0.4, -0.2) is 33.0 Å². The molecule has 1 aromatic rings. The van der Waals surface area contributed by atoms with Gasteiger partial charge in [-0.25, -0.2) is 0 Å². The van der Waals surface area contributed by atoms with Crippen molar-refractivity contribution in [3.8, 4) is 5.75 Å². The number of aliphatic hydroxyl groups is 1. The van der Waals surface area contributed by atoms with Crippen LogP contribution in [0.2, 0.25) is 0 Å². The van der Waals surface area contributed by atoms with Gasteiger partial charge in [0, 0.05) is 12.3 Å². The second-order valence-electron chi connectivity index (χ2n) is 4.07. The van der Waals surface area contributed by atoms with E-state index in [2.05, 4.69) is 5.10 Å². The fraction of sp³-hybridized carbons (Fsp3) is 0.727. The van der Waals surface area contributed by atoms with E-state index in [9.17, 15) is 5.11 Å². The van der Waals surface area contributed by atoms with Crippen molar-refractivity contribution in [2.75, 3.05) is 12.9 Å². The van der Waals surface area contributed by atoms with Gasteiger partial charge in [0.15, 0.2) is 5.75 Å². The van der Waals surface area contributed by atoms with Gasteiger partial charge >= 0.3 is 0 Å². The van der Waals surface area contributed by atoms with Crippen LogP contribution >= 0.6 is 11.8 Å². The van der Waals surface area contributed by atoms with E-state index in [0.717, 1.165) is 17.9 Å². The first-order chi connectivity index (χ1) is 7.74. The van der Waals surface area contributed by atoms with Crippen LogP contribution in [0.4, 0.5) is 0 Å². The molecule has 2 heterocycles. The number of aryl methyl sites for hydroxylation is 1. The Bertz CT molecular complexity index is 348. The first-order valence-electron chi connectivity index (χ1n) is 5.59. The Morgan fingerprint density at radius 1 is 1.62 bits per heavy atom. The van der Waals surface area contributed by atoms with E-state index >= 15 is 0 Å². The lowest BCUT2D eigenvalue weighted by Gasteiger charge is -2.26. The largest absolute Gasteiger partial charge is 0.493 e. The highest BCUT2D eigenvalue weighted by atomic mass is 32.2. The lowest BCUT2D eigenvalue weighted by atomic mass is 10.1. The van der Waals surface area contributed by atoms with E-state index in [1.54, 1.807) is 18.0 Å². The number of aliphatic hydroxyl groups excluding tert-OH is 1. The Labute approximate surface area is 100.0 Å². The van der Waals surface area contributed by atoms with Crippen LogP contribution in [0.15, 0.2) is 6.20 Å². The Morgan fingerprint density at radius 3 is 3.06 bits per heavy atom. The molecule has 2 atom stereocenters. The van der Waals surface area contributed by atoms with Gasteiger partial charge in [0.2, 0.25) is 0 Å². The lowest BCUT2D eigenvalue weighted by Crippen LogP contribution is -2.21. The summed E-state index contributed by atoms with van der Waals surface area (Å²) in [4.78, 5) is 0. The van der Waals surface area contributed by atoms with Gasteiger partial charge in [-0.05, 0) is 18.6 Å². The summed E-state index contributed by atoms with van der Waals surface area (Å²) in [7, 11) is 3.45. The van der Waals surface area contributed by atoms with Crippen LogP contribution in [0.25, 0.3) is 0 Å². The second-order valence-corrected chi connectivity index (χ2v) is 5.42. The normalized spacial score (nSPS) is 23.1. The highest BCUT2D eigenvalue weighted by Crippen LogP contribution is 2.37. The maximum atomic E-state index is 10.4. The van der Waals surface area contributed by atoms with Gasteiger partial charge in [-0.2, -0.15) is 16.9 Å². The summed E-state index contributed by atoms with van der Waals surface area (Å²) >= 11 is 1.85. The van der Waals surface area contributed by atoms with E-state index < -0.39 is 6.10 Å². The number of thioether (sulfide) groups is 1. The molecule has 1 aliphatic heterocycles. The van der Waals surface area contributed by atoms with Gasteiger partial charge in [-0.1, -0.05) is 6.42 Å². The zero-order valence-electron chi connectivity index (χ0n) is 9.72. The molecule has 2 unspecified atom stereocenters. The SMILES string of the molecule is COc1cnn(C)c1C(O)C1CCCCS1. The van der Waals surface area contributed by atoms with E-state index in [4.69, 9.17) is 4.74 Å². The average Bonchev–Trinajstić information content (AvgIpc) is 2.70. The number of hydrogen-bond donors (Lipinski definition) is 1. The molecule has 0 radical (unpaired) electrons. The molecule has 0 aliphatic carbocycles. The van der Waals surface area contributed by atoms with Crippen molar-refractivity contribution < 1.29 is 9.84 Å². The van der Waals surface area contributed by atoms with Gasteiger partial charge in [0.1, 0.15) is 11.8 Å². The molecule has 1 aliphatic rings. The molecule has 0 bridgehead atoms. The minimum Gasteiger partial charge on any atom is -0.493 e. The zero-order valence-corrected chi connectivity index (χ0v) is 10.5. The highest BCUT2D eigenvalue weighted by Gasteiger charge is 2.28. The molecule has 90 valence electrons. The molecule has 5 heteroatoms. The van der Waals surface area contributed by atoms with Gasteiger partial charge < -0.3 is 9.84 Å². The number of methoxy groups -OCH3 is 1. The molecule has 4 nitrogen and oxygen atoms in total. The molecule has 0 saturated carbocycles. The summed E-state index contributed by atoms with van der Waals surface area (Å²) in [5.41, 5.74) is 0.793. The number of aromatic nitrogens is 2. The van der Waals surface area contributed by atoms with Gasteiger partial charge in [0.25, 0.3) is 0 Å². The summed E-state index contributed by atoms with van der Waals surface area (Å²) < 4.78 is 6.93. The third-order valence-electron chi connectivity index (χ3n) is 3.02. The van der Waals surface area contributed by atoms with E-state index in [0.29, 0.717) is 5.75 Å². The fourth-order valence-electron chi connectivity index (χ4n) is 2.11. The van der Waals surface area contributed by atoms with E-state index in [1.807, 2.05) is 18.8 Å². The first-order valence-corrected chi connectivity index (χ1v) is 6.64. The Balaban J connectivity index is 2.18. The monoisotopic (exact) mass is 242 g/mol. The number of hydrogen-bond acceptors (Lipinski definition) is 4. The first kappa shape index (κ1) is 11.8. The van der Waals surface area contributed by atoms with Crippen molar-refractivity contribution in [3.05, 3.63) is 11.9 Å². The number of ether oxygens (including phenoxy) is 1. The minimum absolute atomic E-state index is 0.276. The van der Waals surface area contributed by atoms with Crippen LogP contribution < -0.4 is 4.74 Å². The summed E-state index contributed by atoms with van der Waals surface area (Å²) in [5.74, 6) is 1.82. The summed E-state index contributed by atoms with van der Waals surface area (Å²) in [6.45, 7) is 0. The average molecular weight is 242 g/mol. The summed E-state index contributed by atoms with van der Waals surface area (Å²) in [6, 6.07) is 0. The molecule has 1 saturated heterocycles. The number of nitrogens with zero attached hydrogens (tertiary/aromatic N) is 2. The molecule has 16 heavy (non-hydrogen) atoms. The third-order valence-corrected chi connectivity index (χ3v) is 4.46. The summed E-state index contributed by atoms with van der Waals surface area (Å²) in [5, 5.41) is 14.8. The smallest absolute Gasteiger partial charge is 0.162 e. The van der Waals surface area contributed by atoms with Crippen LogP contribution in [0.3, 0.4) is 0 Å². The zero-order chi connectivity index (χ0) is 11.5. The van der Waals surface area contributed by atoms with Crippen LogP contribution in [0.1, 0.15) is 31.1 Å². The third kappa shape index (κ3) is 2.20. The second kappa shape index (κ2) is 5.10. The van der Waals surface area contributed by atoms with Crippen LogP contribution in [0, 0.1) is 0 Å². The molecule has 1 aromatic heterocycles. The standard InChI is InChI=1S/C11H18N2O2S/c1-13-10(8(15-2)7-12-13)11(14)9-5-3-4-6-16-9/h7,9,11,14H,3-6H2,1-2H3. The molecule has 1 N–H and O–H groups in total. The fourth-order valence-corrected chi connectivity index (χ4v) is 3.43. The summed E-state index contributed by atoms with van der Waals surface area (Å²) in [6.07, 6.45) is 4.71. The van der Waals surface area contributed by atoms with Crippen LogP contribution in [-0.2, 0) is 7.05 Å². The molecule has 0 aromatic carbocycles. The Morgan fingerprint density at radius 2 is 2.44 bits per heavy atom. The van der Waals surface area contributed by atoms with Crippen molar-refractivity contribution in [2.45, 2.75) is 30.6 Å². The molecular formula is C11H18N2O2S. The van der Waals surface area contributed by atoms with Gasteiger partial charge in [0.05, 0.1) is 13.3 Å². The van der Waals surface area contributed by atoms with Crippen LogP contribution in [0.5, 0.6) is 5.75 Å². The van der Waals surface area contributed by atoms with Crippen molar-refractivity contribution in [3.63, 3.8) is 0 Å². The highest BCUT2D eigenvalue weighted by molar-refractivity contribution is 7.99. The minimum atomic E-state index is -0.479. The molecule has 1 fully saturated rings. The topological polar surface area (TPSA) is 47.3 Å².